The molecule has 0 aromatic heterocycles. The van der Waals surface area contributed by atoms with Gasteiger partial charge in [0, 0.05) is 0 Å². The molecule has 30 heavy (non-hydrogen) atoms. The average molecular weight is 406 g/mol. The van der Waals surface area contributed by atoms with Crippen molar-refractivity contribution in [1.29, 1.82) is 0 Å². The smallest absolute Gasteiger partial charge is 0.0279 e. The number of unbranched alkanes of at least 4 members (excludes halogenated alkanes) is 8. The maximum Gasteiger partial charge on any atom is -0.0279 e. The van der Waals surface area contributed by atoms with Gasteiger partial charge in [-0.25, -0.2) is 0 Å². The molecule has 2 rings (SSSR count). The summed E-state index contributed by atoms with van der Waals surface area (Å²) in [4.78, 5) is 0. The molecule has 0 aliphatic carbocycles. The van der Waals surface area contributed by atoms with Crippen LogP contribution in [0.25, 0.3) is 0 Å². The minimum Gasteiger partial charge on any atom is -0.0654 e. The Kier molecular flexibility index (Phi) is 14.1. The summed E-state index contributed by atoms with van der Waals surface area (Å²) in [5.74, 6) is 0.861. The molecular weight excluding hydrogens is 360 g/mol. The highest BCUT2D eigenvalue weighted by atomic mass is 14.1. The number of aryl methyl sites for hydroxylation is 2. The third-order valence-electron chi connectivity index (χ3n) is 6.32. The lowest BCUT2D eigenvalue weighted by atomic mass is 9.89. The molecule has 1 atom stereocenters. The van der Waals surface area contributed by atoms with Crippen LogP contribution in [0.1, 0.15) is 102 Å². The fraction of sp³-hybridized carbons (Fsp3) is 0.567. The SMILES string of the molecule is CCCCCC([CH]CCCCCc1ccccc1)CCCCCCc1ccccc1. The van der Waals surface area contributed by atoms with E-state index in [9.17, 15) is 0 Å². The lowest BCUT2D eigenvalue weighted by molar-refractivity contribution is 0.437. The molecule has 0 amide bonds. The number of hydrogen-bond donors (Lipinski definition) is 0. The summed E-state index contributed by atoms with van der Waals surface area (Å²) in [7, 11) is 0. The number of hydrogen-bond acceptors (Lipinski definition) is 0. The van der Waals surface area contributed by atoms with Gasteiger partial charge >= 0.3 is 0 Å². The van der Waals surface area contributed by atoms with Crippen LogP contribution in [0.2, 0.25) is 0 Å². The molecule has 1 radical (unpaired) electrons. The molecule has 2 aromatic rings. The monoisotopic (exact) mass is 405 g/mol. The molecule has 0 fully saturated rings. The van der Waals surface area contributed by atoms with E-state index in [2.05, 4.69) is 74.0 Å². The highest BCUT2D eigenvalue weighted by Crippen LogP contribution is 2.23. The van der Waals surface area contributed by atoms with Gasteiger partial charge in [-0.1, -0.05) is 132 Å². The Morgan fingerprint density at radius 1 is 0.567 bits per heavy atom. The second kappa shape index (κ2) is 17.2. The summed E-state index contributed by atoms with van der Waals surface area (Å²) in [5, 5.41) is 0. The fourth-order valence-electron chi connectivity index (χ4n) is 4.42. The Morgan fingerprint density at radius 2 is 1.07 bits per heavy atom. The predicted octanol–water partition coefficient (Wildman–Crippen LogP) is 9.38. The maximum atomic E-state index is 2.68. The molecular formula is C30H45. The largest absolute Gasteiger partial charge is 0.0654 e. The van der Waals surface area contributed by atoms with Crippen molar-refractivity contribution >= 4 is 0 Å². The van der Waals surface area contributed by atoms with Gasteiger partial charge in [0.25, 0.3) is 0 Å². The van der Waals surface area contributed by atoms with Crippen molar-refractivity contribution in [3.63, 3.8) is 0 Å². The Labute approximate surface area is 187 Å². The Hall–Kier alpha value is -1.56. The van der Waals surface area contributed by atoms with Gasteiger partial charge in [-0.3, -0.25) is 0 Å². The van der Waals surface area contributed by atoms with E-state index in [4.69, 9.17) is 0 Å². The summed E-state index contributed by atoms with van der Waals surface area (Å²) in [6.07, 6.45) is 23.1. The highest BCUT2D eigenvalue weighted by Gasteiger charge is 2.09. The van der Waals surface area contributed by atoms with Crippen LogP contribution in [-0.2, 0) is 12.8 Å². The van der Waals surface area contributed by atoms with Crippen LogP contribution in [0.3, 0.4) is 0 Å². The maximum absolute atomic E-state index is 2.68. The normalized spacial score (nSPS) is 11.3. The Balaban J connectivity index is 1.52. The first-order chi connectivity index (χ1) is 14.9. The van der Waals surface area contributed by atoms with Crippen molar-refractivity contribution in [2.75, 3.05) is 0 Å². The van der Waals surface area contributed by atoms with Crippen molar-refractivity contribution in [2.24, 2.45) is 5.92 Å². The van der Waals surface area contributed by atoms with Gasteiger partial charge in [0.1, 0.15) is 0 Å². The third-order valence-corrected chi connectivity index (χ3v) is 6.32. The Morgan fingerprint density at radius 3 is 1.63 bits per heavy atom. The number of benzene rings is 2. The molecule has 0 spiro atoms. The minimum absolute atomic E-state index is 0.861. The summed E-state index contributed by atoms with van der Waals surface area (Å²) in [5.41, 5.74) is 2.99. The van der Waals surface area contributed by atoms with Gasteiger partial charge in [0.15, 0.2) is 0 Å². The lowest BCUT2D eigenvalue weighted by Crippen LogP contribution is -2.02. The lowest BCUT2D eigenvalue weighted by Gasteiger charge is -2.16. The van der Waals surface area contributed by atoms with E-state index in [1.807, 2.05) is 0 Å². The van der Waals surface area contributed by atoms with Crippen LogP contribution in [0.15, 0.2) is 60.7 Å². The fourth-order valence-corrected chi connectivity index (χ4v) is 4.42. The van der Waals surface area contributed by atoms with Crippen LogP contribution in [-0.4, -0.2) is 0 Å². The molecule has 0 nitrogen and oxygen atoms in total. The second-order valence-corrected chi connectivity index (χ2v) is 9.01. The van der Waals surface area contributed by atoms with Crippen molar-refractivity contribution in [1.82, 2.24) is 0 Å². The molecule has 0 aliphatic heterocycles. The van der Waals surface area contributed by atoms with Gasteiger partial charge in [-0.15, -0.1) is 0 Å². The van der Waals surface area contributed by atoms with Gasteiger partial charge in [-0.05, 0) is 55.6 Å². The molecule has 1 unspecified atom stereocenters. The van der Waals surface area contributed by atoms with Crippen molar-refractivity contribution in [3.05, 3.63) is 78.2 Å². The van der Waals surface area contributed by atoms with E-state index in [0.29, 0.717) is 0 Å². The highest BCUT2D eigenvalue weighted by molar-refractivity contribution is 5.15. The van der Waals surface area contributed by atoms with Crippen LogP contribution >= 0.6 is 0 Å². The number of rotatable bonds is 18. The first-order valence-corrected chi connectivity index (χ1v) is 12.8. The minimum atomic E-state index is 0.861. The van der Waals surface area contributed by atoms with E-state index in [1.54, 1.807) is 0 Å². The molecule has 0 heterocycles. The average Bonchev–Trinajstić information content (AvgIpc) is 2.79. The van der Waals surface area contributed by atoms with Gasteiger partial charge in [0.05, 0.1) is 0 Å². The van der Waals surface area contributed by atoms with Crippen LogP contribution in [0.5, 0.6) is 0 Å². The van der Waals surface area contributed by atoms with E-state index in [-0.39, 0.29) is 0 Å². The van der Waals surface area contributed by atoms with Crippen molar-refractivity contribution in [3.8, 4) is 0 Å². The van der Waals surface area contributed by atoms with Crippen molar-refractivity contribution in [2.45, 2.75) is 103 Å². The van der Waals surface area contributed by atoms with Crippen LogP contribution < -0.4 is 0 Å². The third kappa shape index (κ3) is 12.2. The van der Waals surface area contributed by atoms with E-state index >= 15 is 0 Å². The first-order valence-electron chi connectivity index (χ1n) is 12.8. The molecule has 0 saturated heterocycles. The Bertz CT molecular complexity index is 549. The molecule has 0 N–H and O–H groups in total. The van der Waals surface area contributed by atoms with Gasteiger partial charge < -0.3 is 0 Å². The van der Waals surface area contributed by atoms with Crippen molar-refractivity contribution < 1.29 is 0 Å². The van der Waals surface area contributed by atoms with Gasteiger partial charge in [-0.2, -0.15) is 0 Å². The quantitative estimate of drug-likeness (QED) is 0.217. The molecule has 0 bridgehead atoms. The predicted molar refractivity (Wildman–Crippen MR) is 134 cm³/mol. The standard InChI is InChI=1S/C30H45/c1-2-3-10-19-28(20-11-4-6-13-22-29-24-15-8-16-25-29)21-12-5-7-14-23-30-26-17-9-18-27-30/h8-9,15-18,20,24-28H,2-7,10-14,19,21-23H2,1H3. The summed E-state index contributed by atoms with van der Waals surface area (Å²) >= 11 is 0. The zero-order valence-corrected chi connectivity index (χ0v) is 19.5. The molecule has 2 aromatic carbocycles. The van der Waals surface area contributed by atoms with E-state index in [0.717, 1.165) is 5.92 Å². The van der Waals surface area contributed by atoms with Crippen LogP contribution in [0, 0.1) is 12.3 Å². The zero-order valence-electron chi connectivity index (χ0n) is 19.5. The first kappa shape index (κ1) is 24.7. The zero-order chi connectivity index (χ0) is 21.1. The van der Waals surface area contributed by atoms with Crippen LogP contribution in [0.4, 0.5) is 0 Å². The summed E-state index contributed by atoms with van der Waals surface area (Å²) < 4.78 is 0. The topological polar surface area (TPSA) is 0 Å². The van der Waals surface area contributed by atoms with E-state index in [1.165, 1.54) is 107 Å². The second-order valence-electron chi connectivity index (χ2n) is 9.01. The summed E-state index contributed by atoms with van der Waals surface area (Å²) in [6, 6.07) is 21.9. The van der Waals surface area contributed by atoms with Gasteiger partial charge in [0.2, 0.25) is 0 Å². The molecule has 0 saturated carbocycles. The molecule has 0 aliphatic rings. The summed E-state index contributed by atoms with van der Waals surface area (Å²) in [6.45, 7) is 2.32. The molecule has 0 heteroatoms. The molecule has 165 valence electrons. The van der Waals surface area contributed by atoms with E-state index < -0.39 is 0 Å².